The van der Waals surface area contributed by atoms with Crippen molar-refractivity contribution in [1.29, 1.82) is 0 Å². The number of ether oxygens (including phenoxy) is 1. The van der Waals surface area contributed by atoms with Crippen LogP contribution in [0.4, 0.5) is 20.4 Å². The molecule has 0 aliphatic carbocycles. The highest BCUT2D eigenvalue weighted by Crippen LogP contribution is 2.34. The van der Waals surface area contributed by atoms with Gasteiger partial charge in [0.1, 0.15) is 11.6 Å². The Morgan fingerprint density at radius 1 is 1.03 bits per heavy atom. The topological polar surface area (TPSA) is 106 Å². The lowest BCUT2D eigenvalue weighted by Gasteiger charge is -2.41. The van der Waals surface area contributed by atoms with Crippen LogP contribution in [0.2, 0.25) is 0 Å². The zero-order valence-electron chi connectivity index (χ0n) is 19.8. The minimum Gasteiger partial charge on any atom is -0.378 e. The number of para-hydroxylation sites is 2. The number of morpholine rings is 1. The Morgan fingerprint density at radius 3 is 2.36 bits per heavy atom. The van der Waals surface area contributed by atoms with Crippen LogP contribution < -0.4 is 15.5 Å². The molecule has 3 saturated heterocycles. The number of carbonyl (C=O) groups is 1. The number of hydrogen-bond donors (Lipinski definition) is 1. The van der Waals surface area contributed by atoms with E-state index in [1.807, 2.05) is 11.0 Å². The van der Waals surface area contributed by atoms with Gasteiger partial charge < -0.3 is 25.2 Å². The molecule has 3 fully saturated rings. The molecule has 3 aromatic rings. The summed E-state index contributed by atoms with van der Waals surface area (Å²) in [7, 11) is 0. The lowest BCUT2D eigenvalue weighted by atomic mass is 10.2. The molecule has 2 N–H and O–H groups in total. The highest BCUT2D eigenvalue weighted by atomic mass is 19.3. The summed E-state index contributed by atoms with van der Waals surface area (Å²) < 4.78 is 35.1. The van der Waals surface area contributed by atoms with Crippen molar-refractivity contribution in [1.82, 2.24) is 24.4 Å². The van der Waals surface area contributed by atoms with Gasteiger partial charge in [0.2, 0.25) is 11.9 Å². The van der Waals surface area contributed by atoms with Gasteiger partial charge in [-0.15, -0.1) is 0 Å². The van der Waals surface area contributed by atoms with Crippen molar-refractivity contribution in [3.63, 3.8) is 0 Å². The minimum absolute atomic E-state index is 0.00402. The van der Waals surface area contributed by atoms with Gasteiger partial charge in [0, 0.05) is 44.3 Å². The van der Waals surface area contributed by atoms with Crippen molar-refractivity contribution < 1.29 is 18.3 Å². The van der Waals surface area contributed by atoms with Gasteiger partial charge in [-0.2, -0.15) is 9.97 Å². The van der Waals surface area contributed by atoms with Crippen LogP contribution in [0.15, 0.2) is 30.3 Å². The molecular weight excluding hydrogens is 470 g/mol. The Kier molecular flexibility index (Phi) is 5.92. The smallest absolute Gasteiger partial charge is 0.296 e. The number of benzene rings is 1. The molecule has 2 bridgehead atoms. The van der Waals surface area contributed by atoms with Gasteiger partial charge in [0.15, 0.2) is 5.82 Å². The molecule has 1 amide bonds. The first-order valence-corrected chi connectivity index (χ1v) is 12.3. The molecule has 3 aliphatic rings. The molecule has 1 aromatic carbocycles. The van der Waals surface area contributed by atoms with Gasteiger partial charge in [-0.1, -0.05) is 12.1 Å². The third-order valence-corrected chi connectivity index (χ3v) is 7.27. The van der Waals surface area contributed by atoms with Gasteiger partial charge in [0.25, 0.3) is 6.43 Å². The van der Waals surface area contributed by atoms with Gasteiger partial charge in [-0.25, -0.2) is 13.8 Å². The summed E-state index contributed by atoms with van der Waals surface area (Å²) in [4.78, 5) is 32.3. The molecular formula is C24H28F2N8O2. The van der Waals surface area contributed by atoms with E-state index < -0.39 is 6.43 Å². The fourth-order valence-corrected chi connectivity index (χ4v) is 5.63. The van der Waals surface area contributed by atoms with E-state index in [1.165, 1.54) is 4.57 Å². The summed E-state index contributed by atoms with van der Waals surface area (Å²) in [5, 5.41) is 0. The molecule has 2 aromatic heterocycles. The number of alkyl halides is 2. The zero-order chi connectivity index (χ0) is 24.8. The second kappa shape index (κ2) is 9.25. The number of nitrogens with zero attached hydrogens (tertiary/aromatic N) is 7. The molecule has 36 heavy (non-hydrogen) atoms. The maximum absolute atomic E-state index is 14.1. The van der Waals surface area contributed by atoms with Crippen LogP contribution in [0, 0.1) is 0 Å². The third kappa shape index (κ3) is 3.94. The molecule has 10 nitrogen and oxygen atoms in total. The van der Waals surface area contributed by atoms with Gasteiger partial charge >= 0.3 is 0 Å². The lowest BCUT2D eigenvalue weighted by molar-refractivity contribution is -0.133. The maximum Gasteiger partial charge on any atom is 0.296 e. The van der Waals surface area contributed by atoms with Crippen LogP contribution in [0.1, 0.15) is 25.1 Å². The Morgan fingerprint density at radius 2 is 1.69 bits per heavy atom. The molecule has 5 heterocycles. The first-order valence-electron chi connectivity index (χ1n) is 12.3. The minimum atomic E-state index is -2.79. The highest BCUT2D eigenvalue weighted by molar-refractivity contribution is 5.80. The molecule has 0 saturated carbocycles. The lowest BCUT2D eigenvalue weighted by Crippen LogP contribution is -2.57. The van der Waals surface area contributed by atoms with Crippen molar-refractivity contribution in [2.24, 2.45) is 5.73 Å². The average Bonchev–Trinajstić information content (AvgIpc) is 3.43. The van der Waals surface area contributed by atoms with Crippen LogP contribution in [-0.2, 0) is 9.53 Å². The predicted molar refractivity (Wildman–Crippen MR) is 130 cm³/mol. The summed E-state index contributed by atoms with van der Waals surface area (Å²) in [6, 6.07) is 9.02. The molecule has 6 rings (SSSR count). The van der Waals surface area contributed by atoms with E-state index >= 15 is 0 Å². The second-order valence-corrected chi connectivity index (χ2v) is 9.37. The Labute approximate surface area is 206 Å². The molecule has 2 atom stereocenters. The zero-order valence-corrected chi connectivity index (χ0v) is 19.8. The molecule has 12 heteroatoms. The fourth-order valence-electron chi connectivity index (χ4n) is 5.63. The normalized spacial score (nSPS) is 22.2. The van der Waals surface area contributed by atoms with Crippen LogP contribution in [0.25, 0.3) is 17.0 Å². The largest absolute Gasteiger partial charge is 0.378 e. The fraction of sp³-hybridized carbons (Fsp3) is 0.500. The summed E-state index contributed by atoms with van der Waals surface area (Å²) in [5.41, 5.74) is 6.63. The van der Waals surface area contributed by atoms with Crippen molar-refractivity contribution in [2.75, 3.05) is 55.7 Å². The number of piperazine rings is 1. The predicted octanol–water partition coefficient (Wildman–Crippen LogP) is 1.73. The monoisotopic (exact) mass is 498 g/mol. The SMILES string of the molecule is NCC(=O)N1C2CCC1CN(c1cc(N3CCOCC3)nc(-n3c(C(F)F)nc4ccccc43)n1)C2. The number of nitrogens with two attached hydrogens (primary N) is 1. The Hall–Kier alpha value is -3.38. The first-order chi connectivity index (χ1) is 17.5. The average molecular weight is 499 g/mol. The number of carbonyl (C=O) groups excluding carboxylic acids is 1. The first kappa shape index (κ1) is 23.0. The third-order valence-electron chi connectivity index (χ3n) is 7.27. The van der Waals surface area contributed by atoms with Crippen LogP contribution in [-0.4, -0.2) is 88.3 Å². The van der Waals surface area contributed by atoms with E-state index in [9.17, 15) is 13.6 Å². The van der Waals surface area contributed by atoms with Gasteiger partial charge in [0.05, 0.1) is 30.8 Å². The van der Waals surface area contributed by atoms with Crippen LogP contribution >= 0.6 is 0 Å². The standard InChI is InChI=1S/C24H28F2N8O2/c25-22(26)23-28-17-3-1-2-4-18(17)34(23)24-29-19(31-7-9-36-10-8-31)11-20(30-24)32-13-15-5-6-16(14-32)33(15)21(35)12-27/h1-4,11,15-16,22H,5-10,12-14,27H2. The molecule has 2 unspecified atom stereocenters. The van der Waals surface area contributed by atoms with Crippen molar-refractivity contribution in [3.05, 3.63) is 36.2 Å². The molecule has 190 valence electrons. The number of hydrogen-bond acceptors (Lipinski definition) is 8. The quantitative estimate of drug-likeness (QED) is 0.567. The number of imidazole rings is 1. The summed E-state index contributed by atoms with van der Waals surface area (Å²) in [5.74, 6) is 1.04. The Bertz CT molecular complexity index is 1260. The van der Waals surface area contributed by atoms with Gasteiger partial charge in [-0.3, -0.25) is 9.36 Å². The van der Waals surface area contributed by atoms with E-state index in [0.29, 0.717) is 62.1 Å². The highest BCUT2D eigenvalue weighted by Gasteiger charge is 2.42. The van der Waals surface area contributed by atoms with E-state index in [2.05, 4.69) is 14.8 Å². The maximum atomic E-state index is 14.1. The number of fused-ring (bicyclic) bond motifs is 3. The van der Waals surface area contributed by atoms with Gasteiger partial charge in [-0.05, 0) is 25.0 Å². The molecule has 3 aliphatic heterocycles. The second-order valence-electron chi connectivity index (χ2n) is 9.37. The Balaban J connectivity index is 1.45. The number of rotatable bonds is 5. The summed E-state index contributed by atoms with van der Waals surface area (Å²) >= 11 is 0. The van der Waals surface area contributed by atoms with Crippen LogP contribution in [0.3, 0.4) is 0 Å². The number of halogens is 2. The summed E-state index contributed by atoms with van der Waals surface area (Å²) in [6.45, 7) is 3.62. The van der Waals surface area contributed by atoms with E-state index in [-0.39, 0.29) is 36.3 Å². The number of anilines is 2. The summed E-state index contributed by atoms with van der Waals surface area (Å²) in [6.07, 6.45) is -0.982. The number of amides is 1. The van der Waals surface area contributed by atoms with Crippen molar-refractivity contribution >= 4 is 28.6 Å². The van der Waals surface area contributed by atoms with E-state index in [0.717, 1.165) is 12.8 Å². The van der Waals surface area contributed by atoms with Crippen LogP contribution in [0.5, 0.6) is 0 Å². The van der Waals surface area contributed by atoms with Crippen molar-refractivity contribution in [2.45, 2.75) is 31.4 Å². The van der Waals surface area contributed by atoms with E-state index in [4.69, 9.17) is 20.4 Å². The number of aromatic nitrogens is 4. The molecule has 0 spiro atoms. The van der Waals surface area contributed by atoms with Crippen molar-refractivity contribution in [3.8, 4) is 5.95 Å². The molecule has 0 radical (unpaired) electrons. The van der Waals surface area contributed by atoms with E-state index in [1.54, 1.807) is 24.3 Å².